The molecule has 2 aromatic carbocycles. The first-order valence-corrected chi connectivity index (χ1v) is 6.37. The molecule has 2 aromatic rings. The van der Waals surface area contributed by atoms with Gasteiger partial charge < -0.3 is 15.8 Å². The van der Waals surface area contributed by atoms with E-state index in [2.05, 4.69) is 21.2 Å². The van der Waals surface area contributed by atoms with Crippen LogP contribution in [0.5, 0.6) is 5.75 Å². The minimum Gasteiger partial charge on any atom is -0.495 e. The zero-order valence-corrected chi connectivity index (χ0v) is 11.9. The number of rotatable bonds is 3. The van der Waals surface area contributed by atoms with Crippen LogP contribution in [-0.4, -0.2) is 7.11 Å². The number of ether oxygens (including phenoxy) is 1. The Kier molecular flexibility index (Phi) is 3.77. The van der Waals surface area contributed by atoms with Gasteiger partial charge in [-0.05, 0) is 52.7 Å². The third-order valence-corrected chi connectivity index (χ3v) is 3.39. The zero-order valence-electron chi connectivity index (χ0n) is 10.3. The van der Waals surface area contributed by atoms with E-state index in [4.69, 9.17) is 10.5 Å². The average Bonchev–Trinajstić information content (AvgIpc) is 2.36. The van der Waals surface area contributed by atoms with E-state index >= 15 is 0 Å². The second-order valence-corrected chi connectivity index (χ2v) is 4.87. The Hall–Kier alpha value is -1.68. The number of nitrogen functional groups attached to an aromatic ring is 1. The molecule has 3 nitrogen and oxygen atoms in total. The lowest BCUT2D eigenvalue weighted by Gasteiger charge is -2.13. The van der Waals surface area contributed by atoms with Gasteiger partial charge in [-0.15, -0.1) is 0 Å². The largest absolute Gasteiger partial charge is 0.495 e. The molecule has 0 aliphatic rings. The lowest BCUT2D eigenvalue weighted by Crippen LogP contribution is -1.97. The first-order valence-electron chi connectivity index (χ1n) is 5.57. The van der Waals surface area contributed by atoms with Gasteiger partial charge in [-0.1, -0.05) is 12.1 Å². The number of anilines is 3. The molecule has 0 bridgehead atoms. The molecule has 0 amide bonds. The number of para-hydroxylation sites is 2. The van der Waals surface area contributed by atoms with Crippen LogP contribution in [0.1, 0.15) is 5.56 Å². The maximum atomic E-state index is 5.86. The monoisotopic (exact) mass is 306 g/mol. The van der Waals surface area contributed by atoms with Crippen LogP contribution in [-0.2, 0) is 0 Å². The highest BCUT2D eigenvalue weighted by Gasteiger charge is 2.06. The van der Waals surface area contributed by atoms with Crippen LogP contribution < -0.4 is 15.8 Å². The molecule has 3 N–H and O–H groups in total. The number of halogens is 1. The van der Waals surface area contributed by atoms with Gasteiger partial charge in [0.1, 0.15) is 5.75 Å². The maximum Gasteiger partial charge on any atom is 0.142 e. The maximum absolute atomic E-state index is 5.86. The third-order valence-electron chi connectivity index (χ3n) is 2.73. The molecule has 0 saturated carbocycles. The van der Waals surface area contributed by atoms with Gasteiger partial charge in [0.15, 0.2) is 0 Å². The molecule has 0 aromatic heterocycles. The third kappa shape index (κ3) is 2.59. The Morgan fingerprint density at radius 2 is 1.89 bits per heavy atom. The van der Waals surface area contributed by atoms with E-state index in [-0.39, 0.29) is 0 Å². The van der Waals surface area contributed by atoms with Gasteiger partial charge >= 0.3 is 0 Å². The fourth-order valence-corrected chi connectivity index (χ4v) is 2.15. The highest BCUT2D eigenvalue weighted by Crippen LogP contribution is 2.33. The molecule has 0 spiro atoms. The topological polar surface area (TPSA) is 47.3 Å². The number of hydrogen-bond donors (Lipinski definition) is 2. The Balaban J connectivity index is 2.37. The van der Waals surface area contributed by atoms with Crippen LogP contribution >= 0.6 is 15.9 Å². The molecule has 0 heterocycles. The van der Waals surface area contributed by atoms with Crippen molar-refractivity contribution in [1.29, 1.82) is 0 Å². The summed E-state index contributed by atoms with van der Waals surface area (Å²) in [5, 5.41) is 3.33. The van der Waals surface area contributed by atoms with E-state index in [9.17, 15) is 0 Å². The van der Waals surface area contributed by atoms with Gasteiger partial charge in [0.05, 0.1) is 18.5 Å². The van der Waals surface area contributed by atoms with Crippen molar-refractivity contribution in [2.45, 2.75) is 6.92 Å². The zero-order chi connectivity index (χ0) is 13.1. The van der Waals surface area contributed by atoms with Crippen molar-refractivity contribution in [2.24, 2.45) is 0 Å². The fourth-order valence-electron chi connectivity index (χ4n) is 1.69. The van der Waals surface area contributed by atoms with Crippen molar-refractivity contribution in [3.63, 3.8) is 0 Å². The molecule has 0 radical (unpaired) electrons. The Labute approximate surface area is 115 Å². The van der Waals surface area contributed by atoms with Crippen molar-refractivity contribution in [1.82, 2.24) is 0 Å². The minimum absolute atomic E-state index is 0.771. The van der Waals surface area contributed by atoms with Crippen LogP contribution in [0.3, 0.4) is 0 Å². The smallest absolute Gasteiger partial charge is 0.142 e. The molecule has 94 valence electrons. The molecular weight excluding hydrogens is 292 g/mol. The van der Waals surface area contributed by atoms with Crippen LogP contribution in [0, 0.1) is 6.92 Å². The number of nitrogens with one attached hydrogen (secondary N) is 1. The van der Waals surface area contributed by atoms with Crippen molar-refractivity contribution < 1.29 is 4.74 Å². The number of nitrogens with two attached hydrogens (primary N) is 1. The highest BCUT2D eigenvalue weighted by atomic mass is 79.9. The number of benzene rings is 2. The Morgan fingerprint density at radius 3 is 2.61 bits per heavy atom. The molecule has 4 heteroatoms. The van der Waals surface area contributed by atoms with Crippen molar-refractivity contribution >= 4 is 33.0 Å². The van der Waals surface area contributed by atoms with Crippen LogP contribution in [0.2, 0.25) is 0 Å². The summed E-state index contributed by atoms with van der Waals surface area (Å²) in [6, 6.07) is 11.7. The van der Waals surface area contributed by atoms with Crippen molar-refractivity contribution in [3.8, 4) is 5.75 Å². The second-order valence-electron chi connectivity index (χ2n) is 4.01. The van der Waals surface area contributed by atoms with Gasteiger partial charge in [-0.3, -0.25) is 0 Å². The van der Waals surface area contributed by atoms with Crippen molar-refractivity contribution in [2.75, 3.05) is 18.2 Å². The van der Waals surface area contributed by atoms with E-state index in [1.54, 1.807) is 7.11 Å². The van der Waals surface area contributed by atoms with E-state index in [0.717, 1.165) is 32.8 Å². The van der Waals surface area contributed by atoms with Crippen LogP contribution in [0.25, 0.3) is 0 Å². The number of methoxy groups -OCH3 is 1. The Morgan fingerprint density at radius 1 is 1.17 bits per heavy atom. The fraction of sp³-hybridized carbons (Fsp3) is 0.143. The molecule has 0 atom stereocenters. The summed E-state index contributed by atoms with van der Waals surface area (Å²) in [4.78, 5) is 0. The SMILES string of the molecule is COc1ccccc1Nc1cc(C)c(N)cc1Br. The molecular formula is C14H15BrN2O. The lowest BCUT2D eigenvalue weighted by molar-refractivity contribution is 0.417. The summed E-state index contributed by atoms with van der Waals surface area (Å²) in [6.07, 6.45) is 0. The minimum atomic E-state index is 0.771. The van der Waals surface area contributed by atoms with Gasteiger partial charge in [-0.25, -0.2) is 0 Å². The van der Waals surface area contributed by atoms with Crippen molar-refractivity contribution in [3.05, 3.63) is 46.4 Å². The summed E-state index contributed by atoms with van der Waals surface area (Å²) in [5.41, 5.74) is 9.55. The standard InChI is InChI=1S/C14H15BrN2O/c1-9-7-13(10(15)8-11(9)16)17-12-5-3-4-6-14(12)18-2/h3-8,17H,16H2,1-2H3. The molecule has 0 aliphatic carbocycles. The summed E-state index contributed by atoms with van der Waals surface area (Å²) >= 11 is 3.50. The Bertz CT molecular complexity index is 570. The van der Waals surface area contributed by atoms with E-state index in [0.29, 0.717) is 0 Å². The first kappa shape index (κ1) is 12.8. The number of aryl methyl sites for hydroxylation is 1. The molecule has 0 saturated heterocycles. The molecule has 0 aliphatic heterocycles. The van der Waals surface area contributed by atoms with Gasteiger partial charge in [0.25, 0.3) is 0 Å². The molecule has 0 fully saturated rings. The predicted molar refractivity (Wildman–Crippen MR) is 79.6 cm³/mol. The van der Waals surface area contributed by atoms with Gasteiger partial charge in [0.2, 0.25) is 0 Å². The predicted octanol–water partition coefficient (Wildman–Crippen LogP) is 4.09. The summed E-state index contributed by atoms with van der Waals surface area (Å²) in [6.45, 7) is 1.98. The summed E-state index contributed by atoms with van der Waals surface area (Å²) < 4.78 is 6.24. The average molecular weight is 307 g/mol. The number of hydrogen-bond acceptors (Lipinski definition) is 3. The normalized spacial score (nSPS) is 10.2. The first-order chi connectivity index (χ1) is 8.61. The van der Waals surface area contributed by atoms with Gasteiger partial charge in [-0.2, -0.15) is 0 Å². The summed E-state index contributed by atoms with van der Waals surface area (Å²) in [7, 11) is 1.66. The van der Waals surface area contributed by atoms with Crippen LogP contribution in [0.15, 0.2) is 40.9 Å². The molecule has 18 heavy (non-hydrogen) atoms. The van der Waals surface area contributed by atoms with Gasteiger partial charge in [0, 0.05) is 10.2 Å². The quantitative estimate of drug-likeness (QED) is 0.840. The highest BCUT2D eigenvalue weighted by molar-refractivity contribution is 9.10. The van der Waals surface area contributed by atoms with E-state index in [1.165, 1.54) is 0 Å². The summed E-state index contributed by atoms with van der Waals surface area (Å²) in [5.74, 6) is 0.805. The molecule has 0 unspecified atom stereocenters. The van der Waals surface area contributed by atoms with E-state index in [1.807, 2.05) is 43.3 Å². The second kappa shape index (κ2) is 5.31. The van der Waals surface area contributed by atoms with Crippen LogP contribution in [0.4, 0.5) is 17.1 Å². The van der Waals surface area contributed by atoms with E-state index < -0.39 is 0 Å². The lowest BCUT2D eigenvalue weighted by atomic mass is 10.1. The molecule has 2 rings (SSSR count).